The fourth-order valence-electron chi connectivity index (χ4n) is 4.13. The van der Waals surface area contributed by atoms with Gasteiger partial charge in [-0.25, -0.2) is 27.9 Å². The summed E-state index contributed by atoms with van der Waals surface area (Å²) in [5.41, 5.74) is 5.62. The zero-order valence-corrected chi connectivity index (χ0v) is 17.7. The Labute approximate surface area is 176 Å². The van der Waals surface area contributed by atoms with Gasteiger partial charge in [-0.15, -0.1) is 0 Å². The van der Waals surface area contributed by atoms with Crippen LogP contribution in [0.2, 0.25) is 0 Å². The van der Waals surface area contributed by atoms with Gasteiger partial charge in [-0.2, -0.15) is 0 Å². The lowest BCUT2D eigenvalue weighted by molar-refractivity contribution is 0.256. The number of hydrogen-bond acceptors (Lipinski definition) is 7. The second-order valence-electron chi connectivity index (χ2n) is 7.57. The number of benzene rings is 1. The van der Waals surface area contributed by atoms with E-state index in [1.54, 1.807) is 0 Å². The molecule has 160 valence electrons. The number of rotatable bonds is 7. The maximum absolute atomic E-state index is 12.6. The maximum atomic E-state index is 12.6. The summed E-state index contributed by atoms with van der Waals surface area (Å²) in [5, 5.41) is 8.77. The zero-order chi connectivity index (χ0) is 21.1. The van der Waals surface area contributed by atoms with Crippen molar-refractivity contribution in [2.75, 3.05) is 30.8 Å². The van der Waals surface area contributed by atoms with Crippen LogP contribution < -0.4 is 20.7 Å². The Hall–Kier alpha value is -2.72. The van der Waals surface area contributed by atoms with Crippen LogP contribution in [0.1, 0.15) is 35.1 Å². The van der Waals surface area contributed by atoms with Gasteiger partial charge < -0.3 is 16.0 Å². The molecule has 0 atom stereocenters. The molecule has 9 nitrogen and oxygen atoms in total. The summed E-state index contributed by atoms with van der Waals surface area (Å²) in [4.78, 5) is 20.4. The highest BCUT2D eigenvalue weighted by molar-refractivity contribution is 7.90. The maximum Gasteiger partial charge on any atom is 0.333 e. The summed E-state index contributed by atoms with van der Waals surface area (Å²) in [6.45, 7) is 1.33. The van der Waals surface area contributed by atoms with Crippen molar-refractivity contribution in [3.05, 3.63) is 40.7 Å². The minimum absolute atomic E-state index is 0.166. The molecule has 0 spiro atoms. The minimum Gasteiger partial charge on any atom is -0.353 e. The van der Waals surface area contributed by atoms with E-state index < -0.39 is 16.1 Å². The molecule has 4 rings (SSSR count). The van der Waals surface area contributed by atoms with Crippen LogP contribution in [0.4, 0.5) is 16.4 Å². The van der Waals surface area contributed by atoms with Gasteiger partial charge in [0, 0.05) is 18.8 Å². The molecule has 0 unspecified atom stereocenters. The molecule has 0 bridgehead atoms. The summed E-state index contributed by atoms with van der Waals surface area (Å²) >= 11 is 0. The number of carbonyl (C=O) groups excluding carboxylic acids is 1. The first-order chi connectivity index (χ1) is 14.5. The van der Waals surface area contributed by atoms with Crippen LogP contribution in [-0.4, -0.2) is 44.6 Å². The molecular weight excluding hydrogens is 404 g/mol. The first-order valence-electron chi connectivity index (χ1n) is 10.2. The number of fused-ring (bicyclic) bond motifs is 2. The van der Waals surface area contributed by atoms with E-state index in [-0.39, 0.29) is 4.90 Å². The fraction of sp³-hybridized carbons (Fsp3) is 0.450. The van der Waals surface area contributed by atoms with E-state index in [4.69, 9.17) is 0 Å². The van der Waals surface area contributed by atoms with Gasteiger partial charge in [0.1, 0.15) is 4.90 Å². The van der Waals surface area contributed by atoms with Crippen LogP contribution in [0.5, 0.6) is 0 Å². The largest absolute Gasteiger partial charge is 0.353 e. The molecule has 30 heavy (non-hydrogen) atoms. The summed E-state index contributed by atoms with van der Waals surface area (Å²) in [6.07, 6.45) is 8.29. The van der Waals surface area contributed by atoms with Crippen LogP contribution in [-0.2, 0) is 35.7 Å². The first-order valence-corrected chi connectivity index (χ1v) is 11.7. The van der Waals surface area contributed by atoms with Gasteiger partial charge in [-0.3, -0.25) is 0 Å². The molecule has 0 fully saturated rings. The monoisotopic (exact) mass is 430 g/mol. The van der Waals surface area contributed by atoms with E-state index >= 15 is 0 Å². The van der Waals surface area contributed by atoms with Crippen LogP contribution in [0.25, 0.3) is 0 Å². The van der Waals surface area contributed by atoms with Crippen LogP contribution >= 0.6 is 0 Å². The quantitative estimate of drug-likeness (QED) is 0.492. The Bertz CT molecular complexity index is 1020. The Kier molecular flexibility index (Phi) is 5.87. The van der Waals surface area contributed by atoms with Crippen molar-refractivity contribution in [3.8, 4) is 0 Å². The van der Waals surface area contributed by atoms with E-state index in [0.29, 0.717) is 12.5 Å². The topological polar surface area (TPSA) is 125 Å². The van der Waals surface area contributed by atoms with Crippen molar-refractivity contribution < 1.29 is 13.2 Å². The molecule has 2 amide bonds. The number of sulfonamides is 1. The molecule has 1 aromatic heterocycles. The molecule has 2 aromatic rings. The van der Waals surface area contributed by atoms with Gasteiger partial charge in [-0.1, -0.05) is 6.07 Å². The van der Waals surface area contributed by atoms with Gasteiger partial charge in [0.2, 0.25) is 5.95 Å². The van der Waals surface area contributed by atoms with Crippen molar-refractivity contribution >= 4 is 27.7 Å². The molecular formula is C20H26N6O3S. The Balaban J connectivity index is 1.47. The number of hydrogen-bond donors (Lipinski definition) is 4. The lowest BCUT2D eigenvalue weighted by atomic mass is 9.99. The summed E-state index contributed by atoms with van der Waals surface area (Å²) in [6, 6.07) is 1.49. The third-order valence-electron chi connectivity index (χ3n) is 5.54. The smallest absolute Gasteiger partial charge is 0.333 e. The molecule has 0 aliphatic heterocycles. The standard InChI is InChI=1S/C20H26N6O3S/c1-21-8-9-22-19-23-11-15(12-24-19)30(28,29)26-20(27)25-18-16-6-2-4-13(16)10-14-5-3-7-17(14)18/h10-12,21H,2-9H2,1H3,(H,22,23,24)(H2,25,26,27). The number of anilines is 2. The highest BCUT2D eigenvalue weighted by Crippen LogP contribution is 2.38. The Morgan fingerprint density at radius 1 is 1.00 bits per heavy atom. The number of carbonyl (C=O) groups is 1. The molecule has 1 aromatic carbocycles. The van der Waals surface area contributed by atoms with E-state index in [2.05, 4.69) is 36.7 Å². The third-order valence-corrected chi connectivity index (χ3v) is 6.82. The number of aryl methyl sites for hydroxylation is 2. The van der Waals surface area contributed by atoms with Crippen molar-refractivity contribution in [1.82, 2.24) is 20.0 Å². The normalized spacial score (nSPS) is 14.8. The second-order valence-corrected chi connectivity index (χ2v) is 9.25. The number of amides is 2. The van der Waals surface area contributed by atoms with Gasteiger partial charge in [0.05, 0.1) is 12.4 Å². The molecule has 0 saturated carbocycles. The van der Waals surface area contributed by atoms with E-state index in [1.165, 1.54) is 23.5 Å². The molecule has 0 saturated heterocycles. The molecule has 4 N–H and O–H groups in total. The predicted molar refractivity (Wildman–Crippen MR) is 114 cm³/mol. The third kappa shape index (κ3) is 4.24. The lowest BCUT2D eigenvalue weighted by Crippen LogP contribution is -2.35. The van der Waals surface area contributed by atoms with Crippen molar-refractivity contribution in [3.63, 3.8) is 0 Å². The van der Waals surface area contributed by atoms with E-state index in [9.17, 15) is 13.2 Å². The molecule has 2 aliphatic carbocycles. The predicted octanol–water partition coefficient (Wildman–Crippen LogP) is 1.60. The summed E-state index contributed by atoms with van der Waals surface area (Å²) in [7, 11) is -2.25. The molecule has 1 heterocycles. The highest BCUT2D eigenvalue weighted by Gasteiger charge is 2.26. The highest BCUT2D eigenvalue weighted by atomic mass is 32.2. The number of nitrogens with one attached hydrogen (secondary N) is 4. The van der Waals surface area contributed by atoms with Crippen LogP contribution in [0.3, 0.4) is 0 Å². The van der Waals surface area contributed by atoms with Crippen LogP contribution in [0.15, 0.2) is 23.4 Å². The van der Waals surface area contributed by atoms with Crippen molar-refractivity contribution in [2.45, 2.75) is 43.4 Å². The number of aromatic nitrogens is 2. The van der Waals surface area contributed by atoms with Gasteiger partial charge in [-0.05, 0) is 67.8 Å². The summed E-state index contributed by atoms with van der Waals surface area (Å²) < 4.78 is 27.3. The van der Waals surface area contributed by atoms with Gasteiger partial charge in [0.25, 0.3) is 10.0 Å². The van der Waals surface area contributed by atoms with Crippen molar-refractivity contribution in [1.29, 1.82) is 0 Å². The number of likely N-dealkylation sites (N-methyl/N-ethyl adjacent to an activating group) is 1. The second kappa shape index (κ2) is 8.57. The van der Waals surface area contributed by atoms with Gasteiger partial charge >= 0.3 is 6.03 Å². The van der Waals surface area contributed by atoms with E-state index in [0.717, 1.165) is 61.9 Å². The SMILES string of the molecule is CNCCNc1ncc(S(=O)(=O)NC(=O)Nc2c3c(cc4c2CCC4)CCC3)cn1. The summed E-state index contributed by atoms with van der Waals surface area (Å²) in [5.74, 6) is 0.323. The number of nitrogens with zero attached hydrogens (tertiary/aromatic N) is 2. The van der Waals surface area contributed by atoms with Gasteiger partial charge in [0.15, 0.2) is 0 Å². The molecule has 0 radical (unpaired) electrons. The Morgan fingerprint density at radius 2 is 1.63 bits per heavy atom. The first kappa shape index (κ1) is 20.5. The minimum atomic E-state index is -4.08. The lowest BCUT2D eigenvalue weighted by Gasteiger charge is -2.16. The van der Waals surface area contributed by atoms with E-state index in [1.807, 2.05) is 7.05 Å². The zero-order valence-electron chi connectivity index (χ0n) is 16.9. The number of urea groups is 1. The molecule has 10 heteroatoms. The molecule has 2 aliphatic rings. The fourth-order valence-corrected chi connectivity index (χ4v) is 4.93. The average molecular weight is 431 g/mol. The van der Waals surface area contributed by atoms with Crippen molar-refractivity contribution in [2.24, 2.45) is 0 Å². The Morgan fingerprint density at radius 3 is 2.23 bits per heavy atom. The van der Waals surface area contributed by atoms with Crippen LogP contribution in [0, 0.1) is 0 Å². The average Bonchev–Trinajstić information content (AvgIpc) is 3.37.